The van der Waals surface area contributed by atoms with Crippen molar-refractivity contribution in [3.05, 3.63) is 24.3 Å². The van der Waals surface area contributed by atoms with Crippen LogP contribution in [0.5, 0.6) is 0 Å². The standard InChI is InChI=1S/C13H22N2O4S2/c14-12-4-1-2-5-13(12)20-10-11-21(17,18)15-6-3-8-19-9-7-16/h1-2,4-5,15-16H,3,6-11,14H2. The number of aliphatic hydroxyl groups excluding tert-OH is 1. The molecule has 0 amide bonds. The van der Waals surface area contributed by atoms with Gasteiger partial charge < -0.3 is 15.6 Å². The number of para-hydroxylation sites is 1. The summed E-state index contributed by atoms with van der Waals surface area (Å²) < 4.78 is 31.1. The first kappa shape index (κ1) is 18.2. The normalized spacial score (nSPS) is 11.7. The summed E-state index contributed by atoms with van der Waals surface area (Å²) >= 11 is 1.43. The Kier molecular flexibility index (Phi) is 8.70. The van der Waals surface area contributed by atoms with Crippen LogP contribution in [0.25, 0.3) is 0 Å². The molecule has 0 aliphatic heterocycles. The van der Waals surface area contributed by atoms with Crippen molar-refractivity contribution in [1.29, 1.82) is 0 Å². The lowest BCUT2D eigenvalue weighted by Crippen LogP contribution is -2.29. The number of rotatable bonds is 11. The molecule has 8 heteroatoms. The number of thioether (sulfide) groups is 1. The number of hydrogen-bond donors (Lipinski definition) is 3. The summed E-state index contributed by atoms with van der Waals surface area (Å²) in [6.07, 6.45) is 0.581. The fourth-order valence-corrected chi connectivity index (χ4v) is 3.95. The van der Waals surface area contributed by atoms with E-state index < -0.39 is 10.0 Å². The molecule has 0 aliphatic rings. The second-order valence-electron chi connectivity index (χ2n) is 4.29. The first-order valence-corrected chi connectivity index (χ1v) is 9.32. The molecule has 0 saturated carbocycles. The molecule has 21 heavy (non-hydrogen) atoms. The Labute approximate surface area is 130 Å². The van der Waals surface area contributed by atoms with Crippen LogP contribution in [-0.4, -0.2) is 51.4 Å². The van der Waals surface area contributed by atoms with Crippen molar-refractivity contribution >= 4 is 27.5 Å². The molecule has 0 aromatic heterocycles. The van der Waals surface area contributed by atoms with Crippen molar-refractivity contribution < 1.29 is 18.3 Å². The summed E-state index contributed by atoms with van der Waals surface area (Å²) in [5.74, 6) is 0.494. The van der Waals surface area contributed by atoms with E-state index in [1.165, 1.54) is 11.8 Å². The van der Waals surface area contributed by atoms with Crippen molar-refractivity contribution in [2.24, 2.45) is 0 Å². The van der Waals surface area contributed by atoms with Crippen LogP contribution in [0.4, 0.5) is 5.69 Å². The molecule has 0 radical (unpaired) electrons. The number of benzene rings is 1. The van der Waals surface area contributed by atoms with Crippen molar-refractivity contribution in [3.8, 4) is 0 Å². The van der Waals surface area contributed by atoms with Gasteiger partial charge in [0.2, 0.25) is 10.0 Å². The van der Waals surface area contributed by atoms with E-state index in [9.17, 15) is 8.42 Å². The zero-order valence-electron chi connectivity index (χ0n) is 11.8. The van der Waals surface area contributed by atoms with E-state index >= 15 is 0 Å². The predicted molar refractivity (Wildman–Crippen MR) is 85.9 cm³/mol. The van der Waals surface area contributed by atoms with Crippen LogP contribution in [0, 0.1) is 0 Å². The van der Waals surface area contributed by atoms with Crippen LogP contribution in [0.3, 0.4) is 0 Å². The minimum atomic E-state index is -3.27. The maximum Gasteiger partial charge on any atom is 0.212 e. The highest BCUT2D eigenvalue weighted by Gasteiger charge is 2.10. The van der Waals surface area contributed by atoms with Crippen LogP contribution in [0.15, 0.2) is 29.2 Å². The highest BCUT2D eigenvalue weighted by atomic mass is 32.2. The summed E-state index contributed by atoms with van der Waals surface area (Å²) in [7, 11) is -3.27. The first-order chi connectivity index (χ1) is 10.0. The van der Waals surface area contributed by atoms with E-state index in [0.717, 1.165) is 4.90 Å². The van der Waals surface area contributed by atoms with Gasteiger partial charge in [-0.15, -0.1) is 11.8 Å². The van der Waals surface area contributed by atoms with Crippen molar-refractivity contribution in [3.63, 3.8) is 0 Å². The lowest BCUT2D eigenvalue weighted by atomic mass is 10.3. The number of anilines is 1. The van der Waals surface area contributed by atoms with E-state index in [2.05, 4.69) is 4.72 Å². The summed E-state index contributed by atoms with van der Waals surface area (Å²) in [6.45, 7) is 1.03. The monoisotopic (exact) mass is 334 g/mol. The molecule has 120 valence electrons. The van der Waals surface area contributed by atoms with Gasteiger partial charge in [0.25, 0.3) is 0 Å². The van der Waals surface area contributed by atoms with Crippen molar-refractivity contribution in [1.82, 2.24) is 4.72 Å². The lowest BCUT2D eigenvalue weighted by Gasteiger charge is -2.08. The van der Waals surface area contributed by atoms with Gasteiger partial charge in [0.05, 0.1) is 19.0 Å². The number of aliphatic hydroxyl groups is 1. The average molecular weight is 334 g/mol. The van der Waals surface area contributed by atoms with E-state index in [0.29, 0.717) is 31.0 Å². The first-order valence-electron chi connectivity index (χ1n) is 6.68. The topological polar surface area (TPSA) is 102 Å². The van der Waals surface area contributed by atoms with E-state index in [4.69, 9.17) is 15.6 Å². The molecule has 0 aliphatic carbocycles. The Bertz CT molecular complexity index is 509. The highest BCUT2D eigenvalue weighted by Crippen LogP contribution is 2.24. The van der Waals surface area contributed by atoms with Gasteiger partial charge >= 0.3 is 0 Å². The minimum absolute atomic E-state index is 0.0223. The number of nitrogens with two attached hydrogens (primary N) is 1. The van der Waals surface area contributed by atoms with E-state index in [1.54, 1.807) is 6.07 Å². The third-order valence-electron chi connectivity index (χ3n) is 2.55. The van der Waals surface area contributed by atoms with Crippen molar-refractivity contribution in [2.75, 3.05) is 43.6 Å². The molecule has 0 fully saturated rings. The van der Waals surface area contributed by atoms with Gasteiger partial charge in [-0.05, 0) is 18.6 Å². The van der Waals surface area contributed by atoms with Gasteiger partial charge in [0.1, 0.15) is 0 Å². The van der Waals surface area contributed by atoms with Gasteiger partial charge in [-0.1, -0.05) is 12.1 Å². The van der Waals surface area contributed by atoms with Gasteiger partial charge in [-0.3, -0.25) is 0 Å². The van der Waals surface area contributed by atoms with Crippen LogP contribution in [0.1, 0.15) is 6.42 Å². The smallest absolute Gasteiger partial charge is 0.212 e. The van der Waals surface area contributed by atoms with Crippen LogP contribution in [-0.2, 0) is 14.8 Å². The van der Waals surface area contributed by atoms with Gasteiger partial charge in [-0.25, -0.2) is 13.1 Å². The van der Waals surface area contributed by atoms with E-state index in [1.807, 2.05) is 18.2 Å². The maximum atomic E-state index is 11.8. The SMILES string of the molecule is Nc1ccccc1SCCS(=O)(=O)NCCCOCCO. The number of ether oxygens (including phenoxy) is 1. The molecule has 1 rings (SSSR count). The van der Waals surface area contributed by atoms with Crippen LogP contribution < -0.4 is 10.5 Å². The molecule has 0 unspecified atom stereocenters. The molecular formula is C13H22N2O4S2. The van der Waals surface area contributed by atoms with Gasteiger partial charge in [0.15, 0.2) is 0 Å². The third kappa shape index (κ3) is 8.27. The number of nitrogen functional groups attached to an aromatic ring is 1. The van der Waals surface area contributed by atoms with Crippen molar-refractivity contribution in [2.45, 2.75) is 11.3 Å². The fraction of sp³-hybridized carbons (Fsp3) is 0.538. The molecule has 0 atom stereocenters. The molecule has 4 N–H and O–H groups in total. The second kappa shape index (κ2) is 10.0. The number of sulfonamides is 1. The average Bonchev–Trinajstić information content (AvgIpc) is 2.45. The zero-order valence-corrected chi connectivity index (χ0v) is 13.5. The fourth-order valence-electron chi connectivity index (χ4n) is 1.51. The molecule has 1 aromatic rings. The summed E-state index contributed by atoms with van der Waals surface area (Å²) in [5, 5.41) is 8.51. The molecule has 1 aromatic carbocycles. The summed E-state index contributed by atoms with van der Waals surface area (Å²) in [4.78, 5) is 0.894. The van der Waals surface area contributed by atoms with E-state index in [-0.39, 0.29) is 19.0 Å². The maximum absolute atomic E-state index is 11.8. The molecular weight excluding hydrogens is 312 g/mol. The molecule has 0 spiro atoms. The number of nitrogens with one attached hydrogen (secondary N) is 1. The molecule has 6 nitrogen and oxygen atoms in total. The molecule has 0 heterocycles. The summed E-state index contributed by atoms with van der Waals surface area (Å²) in [6, 6.07) is 7.38. The van der Waals surface area contributed by atoms with Gasteiger partial charge in [0, 0.05) is 29.5 Å². The summed E-state index contributed by atoms with van der Waals surface area (Å²) in [5.41, 5.74) is 6.45. The zero-order chi connectivity index (χ0) is 15.6. The Morgan fingerprint density at radius 2 is 2.05 bits per heavy atom. The quantitative estimate of drug-likeness (QED) is 0.312. The van der Waals surface area contributed by atoms with Crippen LogP contribution in [0.2, 0.25) is 0 Å². The largest absolute Gasteiger partial charge is 0.398 e. The Morgan fingerprint density at radius 1 is 1.29 bits per heavy atom. The second-order valence-corrected chi connectivity index (χ2v) is 7.35. The lowest BCUT2D eigenvalue weighted by molar-refractivity contribution is 0.0913. The van der Waals surface area contributed by atoms with Crippen LogP contribution >= 0.6 is 11.8 Å². The highest BCUT2D eigenvalue weighted by molar-refractivity contribution is 8.00. The molecule has 0 bridgehead atoms. The third-order valence-corrected chi connectivity index (χ3v) is 5.29. The predicted octanol–water partition coefficient (Wildman–Crippen LogP) is 0.679. The minimum Gasteiger partial charge on any atom is -0.398 e. The Balaban J connectivity index is 2.19. The Hall–Kier alpha value is -0.800. The number of hydrogen-bond acceptors (Lipinski definition) is 6. The Morgan fingerprint density at radius 3 is 2.76 bits per heavy atom. The van der Waals surface area contributed by atoms with Gasteiger partial charge in [-0.2, -0.15) is 0 Å². The molecule has 0 saturated heterocycles.